The second-order valence-electron chi connectivity index (χ2n) is 7.18. The van der Waals surface area contributed by atoms with Crippen LogP contribution >= 0.6 is 0 Å². The van der Waals surface area contributed by atoms with Crippen LogP contribution in [0.15, 0.2) is 43.1 Å². The zero-order valence-electron chi connectivity index (χ0n) is 14.7. The molecule has 3 aromatic rings. The quantitative estimate of drug-likeness (QED) is 0.723. The lowest BCUT2D eigenvalue weighted by Gasteiger charge is -2.16. The fourth-order valence-corrected chi connectivity index (χ4v) is 3.88. The van der Waals surface area contributed by atoms with Crippen molar-refractivity contribution in [3.05, 3.63) is 48.7 Å². The summed E-state index contributed by atoms with van der Waals surface area (Å²) in [5, 5.41) is 18.6. The maximum atomic E-state index is 12.4. The summed E-state index contributed by atoms with van der Waals surface area (Å²) in [6.45, 7) is 0.821. The highest BCUT2D eigenvalue weighted by atomic mass is 16.3. The second-order valence-corrected chi connectivity index (χ2v) is 7.18. The van der Waals surface area contributed by atoms with Crippen LogP contribution in [-0.4, -0.2) is 42.5 Å². The van der Waals surface area contributed by atoms with Gasteiger partial charge in [-0.3, -0.25) is 9.48 Å². The first-order valence-corrected chi connectivity index (χ1v) is 8.92. The van der Waals surface area contributed by atoms with E-state index in [0.717, 1.165) is 29.4 Å². The predicted octanol–water partition coefficient (Wildman–Crippen LogP) is 1.27. The van der Waals surface area contributed by atoms with Crippen LogP contribution in [0.5, 0.6) is 0 Å². The van der Waals surface area contributed by atoms with Crippen molar-refractivity contribution in [1.82, 2.24) is 24.6 Å². The average Bonchev–Trinajstić information content (AvgIpc) is 3.31. The number of nitrogens with zero attached hydrogens (tertiary/aromatic N) is 4. The van der Waals surface area contributed by atoms with Crippen molar-refractivity contribution in [1.29, 1.82) is 0 Å². The molecule has 7 heteroatoms. The third-order valence-electron chi connectivity index (χ3n) is 5.18. The van der Waals surface area contributed by atoms with E-state index in [1.165, 1.54) is 0 Å². The lowest BCUT2D eigenvalue weighted by molar-refractivity contribution is -0.121. The van der Waals surface area contributed by atoms with E-state index in [1.54, 1.807) is 18.7 Å². The van der Waals surface area contributed by atoms with Crippen molar-refractivity contribution in [2.75, 3.05) is 0 Å². The highest BCUT2D eigenvalue weighted by molar-refractivity contribution is 5.83. The van der Waals surface area contributed by atoms with Crippen LogP contribution in [0.2, 0.25) is 0 Å². The van der Waals surface area contributed by atoms with Gasteiger partial charge in [0, 0.05) is 31.4 Å². The SMILES string of the molecule is Cn1ncc2cc(CC(=O)N[C@@H]3CC(Cn4ccnc4)C[C@H]3O)ccc21. The number of aliphatic hydroxyl groups is 1. The Bertz CT molecular complexity index is 902. The van der Waals surface area contributed by atoms with Gasteiger partial charge in [-0.1, -0.05) is 6.07 Å². The van der Waals surface area contributed by atoms with E-state index in [4.69, 9.17) is 0 Å². The third kappa shape index (κ3) is 3.48. The van der Waals surface area contributed by atoms with Crippen LogP contribution in [0.4, 0.5) is 0 Å². The molecular formula is C19H23N5O2. The van der Waals surface area contributed by atoms with Gasteiger partial charge in [0.15, 0.2) is 0 Å². The van der Waals surface area contributed by atoms with Gasteiger partial charge in [-0.25, -0.2) is 4.98 Å². The molecule has 1 aliphatic rings. The van der Waals surface area contributed by atoms with Gasteiger partial charge in [-0.2, -0.15) is 5.10 Å². The van der Waals surface area contributed by atoms with Crippen molar-refractivity contribution < 1.29 is 9.90 Å². The van der Waals surface area contributed by atoms with Crippen LogP contribution in [0.25, 0.3) is 10.9 Å². The molecular weight excluding hydrogens is 330 g/mol. The van der Waals surface area contributed by atoms with E-state index < -0.39 is 6.10 Å². The monoisotopic (exact) mass is 353 g/mol. The first-order valence-electron chi connectivity index (χ1n) is 8.92. The number of aryl methyl sites for hydroxylation is 1. The Morgan fingerprint density at radius 3 is 3.08 bits per heavy atom. The number of fused-ring (bicyclic) bond motifs is 1. The minimum absolute atomic E-state index is 0.0550. The maximum absolute atomic E-state index is 12.4. The zero-order valence-corrected chi connectivity index (χ0v) is 14.7. The normalized spacial score (nSPS) is 22.8. The summed E-state index contributed by atoms with van der Waals surface area (Å²) in [7, 11) is 1.90. The fourth-order valence-electron chi connectivity index (χ4n) is 3.88. The lowest BCUT2D eigenvalue weighted by Crippen LogP contribution is -2.40. The Hall–Kier alpha value is -2.67. The summed E-state index contributed by atoms with van der Waals surface area (Å²) in [4.78, 5) is 16.5. The summed E-state index contributed by atoms with van der Waals surface area (Å²) in [5.74, 6) is 0.289. The molecule has 1 unspecified atom stereocenters. The Morgan fingerprint density at radius 1 is 1.38 bits per heavy atom. The summed E-state index contributed by atoms with van der Waals surface area (Å²) >= 11 is 0. The number of hydrogen-bond acceptors (Lipinski definition) is 4. The predicted molar refractivity (Wildman–Crippen MR) is 97.3 cm³/mol. The molecule has 0 saturated heterocycles. The van der Waals surface area contributed by atoms with Crippen molar-refractivity contribution in [2.24, 2.45) is 13.0 Å². The fraction of sp³-hybridized carbons (Fsp3) is 0.421. The van der Waals surface area contributed by atoms with Gasteiger partial charge in [0.05, 0.1) is 36.6 Å². The number of nitrogens with one attached hydrogen (secondary N) is 1. The minimum atomic E-state index is -0.492. The number of aliphatic hydroxyl groups excluding tert-OH is 1. The molecule has 2 N–H and O–H groups in total. The molecule has 4 rings (SSSR count). The second kappa shape index (κ2) is 6.92. The van der Waals surface area contributed by atoms with E-state index in [-0.39, 0.29) is 11.9 Å². The van der Waals surface area contributed by atoms with Crippen LogP contribution in [-0.2, 0) is 24.8 Å². The van der Waals surface area contributed by atoms with Crippen LogP contribution < -0.4 is 5.32 Å². The van der Waals surface area contributed by atoms with Crippen LogP contribution in [0.3, 0.4) is 0 Å². The molecule has 0 spiro atoms. The number of carbonyl (C=O) groups excluding carboxylic acids is 1. The first kappa shape index (κ1) is 16.8. The van der Waals surface area contributed by atoms with Gasteiger partial charge in [-0.15, -0.1) is 0 Å². The molecule has 7 nitrogen and oxygen atoms in total. The van der Waals surface area contributed by atoms with Crippen molar-refractivity contribution >= 4 is 16.8 Å². The molecule has 3 atom stereocenters. The van der Waals surface area contributed by atoms with Crippen LogP contribution in [0.1, 0.15) is 18.4 Å². The number of benzene rings is 1. The Labute approximate surface area is 151 Å². The lowest BCUT2D eigenvalue weighted by atomic mass is 10.1. The van der Waals surface area contributed by atoms with Gasteiger partial charge >= 0.3 is 0 Å². The zero-order chi connectivity index (χ0) is 18.1. The highest BCUT2D eigenvalue weighted by Crippen LogP contribution is 2.27. The van der Waals surface area contributed by atoms with E-state index in [9.17, 15) is 9.90 Å². The topological polar surface area (TPSA) is 85.0 Å². The number of amides is 1. The summed E-state index contributed by atoms with van der Waals surface area (Å²) in [5.41, 5.74) is 1.99. The molecule has 1 fully saturated rings. The summed E-state index contributed by atoms with van der Waals surface area (Å²) in [6.07, 6.45) is 8.56. The molecule has 1 amide bonds. The molecule has 1 aromatic carbocycles. The van der Waals surface area contributed by atoms with Crippen molar-refractivity contribution in [2.45, 2.75) is 38.0 Å². The van der Waals surface area contributed by atoms with E-state index in [0.29, 0.717) is 18.8 Å². The molecule has 0 bridgehead atoms. The Balaban J connectivity index is 1.34. The number of rotatable bonds is 5. The minimum Gasteiger partial charge on any atom is -0.391 e. The Morgan fingerprint density at radius 2 is 2.27 bits per heavy atom. The van der Waals surface area contributed by atoms with E-state index >= 15 is 0 Å². The first-order chi connectivity index (χ1) is 12.6. The number of aromatic nitrogens is 4. The smallest absolute Gasteiger partial charge is 0.224 e. The molecule has 136 valence electrons. The van der Waals surface area contributed by atoms with Gasteiger partial charge in [0.2, 0.25) is 5.91 Å². The molecule has 0 radical (unpaired) electrons. The Kier molecular flexibility index (Phi) is 4.46. The van der Waals surface area contributed by atoms with Gasteiger partial charge in [0.1, 0.15) is 0 Å². The largest absolute Gasteiger partial charge is 0.391 e. The molecule has 2 heterocycles. The van der Waals surface area contributed by atoms with Crippen molar-refractivity contribution in [3.8, 4) is 0 Å². The maximum Gasteiger partial charge on any atom is 0.224 e. The van der Waals surface area contributed by atoms with E-state index in [1.807, 2.05) is 40.7 Å². The number of hydrogen-bond donors (Lipinski definition) is 2. The molecule has 0 aliphatic heterocycles. The van der Waals surface area contributed by atoms with Crippen molar-refractivity contribution in [3.63, 3.8) is 0 Å². The highest BCUT2D eigenvalue weighted by Gasteiger charge is 2.33. The molecule has 2 aromatic heterocycles. The van der Waals surface area contributed by atoms with Crippen LogP contribution in [0, 0.1) is 5.92 Å². The number of carbonyl (C=O) groups is 1. The molecule has 26 heavy (non-hydrogen) atoms. The molecule has 1 aliphatic carbocycles. The summed E-state index contributed by atoms with van der Waals surface area (Å²) < 4.78 is 3.83. The van der Waals surface area contributed by atoms with Gasteiger partial charge in [0.25, 0.3) is 0 Å². The standard InChI is InChI=1S/C19H23N5O2/c1-23-17-3-2-13(6-15(17)10-21-23)9-19(26)22-16-7-14(8-18(16)25)11-24-5-4-20-12-24/h2-6,10,12,14,16,18,25H,7-9,11H2,1H3,(H,22,26)/t14?,16-,18-/m1/s1. The molecule has 1 saturated carbocycles. The van der Waals surface area contributed by atoms with E-state index in [2.05, 4.69) is 15.4 Å². The third-order valence-corrected chi connectivity index (χ3v) is 5.18. The summed E-state index contributed by atoms with van der Waals surface area (Å²) in [6, 6.07) is 5.75. The number of imidazole rings is 1. The van der Waals surface area contributed by atoms with Gasteiger partial charge < -0.3 is 15.0 Å². The van der Waals surface area contributed by atoms with Gasteiger partial charge in [-0.05, 0) is 36.5 Å². The average molecular weight is 353 g/mol.